The molecule has 0 amide bonds. The fourth-order valence-electron chi connectivity index (χ4n) is 2.81. The summed E-state index contributed by atoms with van der Waals surface area (Å²) in [5.74, 6) is 0.209. The molecular weight excluding hydrogens is 291 g/mol. The van der Waals surface area contributed by atoms with Crippen LogP contribution in [-0.4, -0.2) is 5.78 Å². The van der Waals surface area contributed by atoms with Crippen LogP contribution in [-0.2, 0) is 12.8 Å². The molecule has 0 fully saturated rings. The molecule has 3 rings (SSSR count). The number of carbonyl (C=O) groups is 1. The summed E-state index contributed by atoms with van der Waals surface area (Å²) in [6.07, 6.45) is 2.68. The van der Waals surface area contributed by atoms with E-state index in [0.29, 0.717) is 15.6 Å². The highest BCUT2D eigenvalue weighted by Gasteiger charge is 2.25. The maximum Gasteiger partial charge on any atom is 0.166 e. The monoisotopic (exact) mass is 304 g/mol. The van der Waals surface area contributed by atoms with Gasteiger partial charge in [0, 0.05) is 11.5 Å². The molecule has 102 valence electrons. The maximum atomic E-state index is 12.6. The van der Waals surface area contributed by atoms with Crippen LogP contribution < -0.4 is 0 Å². The van der Waals surface area contributed by atoms with Gasteiger partial charge in [0.25, 0.3) is 0 Å². The zero-order valence-corrected chi connectivity index (χ0v) is 12.4. The van der Waals surface area contributed by atoms with Crippen molar-refractivity contribution in [2.75, 3.05) is 0 Å². The minimum Gasteiger partial charge on any atom is -0.294 e. The predicted molar refractivity (Wildman–Crippen MR) is 82.7 cm³/mol. The minimum atomic E-state index is 0.0437. The largest absolute Gasteiger partial charge is 0.294 e. The van der Waals surface area contributed by atoms with Crippen molar-refractivity contribution in [1.82, 2.24) is 0 Å². The van der Waals surface area contributed by atoms with E-state index in [-0.39, 0.29) is 11.7 Å². The third kappa shape index (κ3) is 2.61. The van der Waals surface area contributed by atoms with E-state index in [4.69, 9.17) is 23.2 Å². The third-order valence-electron chi connectivity index (χ3n) is 3.92. The summed E-state index contributed by atoms with van der Waals surface area (Å²) in [5, 5.41) is 0.922. The topological polar surface area (TPSA) is 17.1 Å². The molecule has 2 aromatic rings. The van der Waals surface area contributed by atoms with Crippen LogP contribution in [0.5, 0.6) is 0 Å². The quantitative estimate of drug-likeness (QED) is 0.715. The average molecular weight is 305 g/mol. The summed E-state index contributed by atoms with van der Waals surface area (Å²) in [6.45, 7) is 0. The van der Waals surface area contributed by atoms with Gasteiger partial charge in [-0.3, -0.25) is 4.79 Å². The molecule has 0 radical (unpaired) electrons. The van der Waals surface area contributed by atoms with Gasteiger partial charge in [0.15, 0.2) is 5.78 Å². The van der Waals surface area contributed by atoms with Gasteiger partial charge in [-0.05, 0) is 48.6 Å². The van der Waals surface area contributed by atoms with Gasteiger partial charge in [-0.1, -0.05) is 47.5 Å². The predicted octanol–water partition coefficient (Wildman–Crippen LogP) is 4.98. The molecule has 20 heavy (non-hydrogen) atoms. The fraction of sp³-hybridized carbons (Fsp3) is 0.235. The van der Waals surface area contributed by atoms with E-state index in [0.717, 1.165) is 19.3 Å². The number of hydrogen-bond acceptors (Lipinski definition) is 1. The highest BCUT2D eigenvalue weighted by molar-refractivity contribution is 6.42. The number of rotatable bonds is 2. The molecule has 2 aromatic carbocycles. The second-order valence-corrected chi connectivity index (χ2v) is 6.02. The smallest absolute Gasteiger partial charge is 0.166 e. The van der Waals surface area contributed by atoms with E-state index in [1.54, 1.807) is 18.2 Å². The first kappa shape index (κ1) is 13.7. The summed E-state index contributed by atoms with van der Waals surface area (Å²) >= 11 is 11.9. The molecule has 1 aliphatic carbocycles. The molecule has 1 unspecified atom stereocenters. The van der Waals surface area contributed by atoms with E-state index in [2.05, 4.69) is 18.2 Å². The third-order valence-corrected chi connectivity index (χ3v) is 4.66. The van der Waals surface area contributed by atoms with Crippen molar-refractivity contribution in [2.45, 2.75) is 19.3 Å². The Morgan fingerprint density at radius 2 is 1.75 bits per heavy atom. The molecule has 0 saturated heterocycles. The van der Waals surface area contributed by atoms with Crippen LogP contribution in [0.15, 0.2) is 42.5 Å². The van der Waals surface area contributed by atoms with Gasteiger partial charge in [-0.2, -0.15) is 0 Å². The van der Waals surface area contributed by atoms with Gasteiger partial charge in [-0.15, -0.1) is 0 Å². The number of ketones is 1. The molecule has 0 heterocycles. The normalized spacial score (nSPS) is 17.6. The molecule has 1 aliphatic rings. The molecule has 0 saturated carbocycles. The van der Waals surface area contributed by atoms with Crippen molar-refractivity contribution < 1.29 is 4.79 Å². The first-order chi connectivity index (χ1) is 9.65. The van der Waals surface area contributed by atoms with Crippen molar-refractivity contribution in [3.05, 3.63) is 69.2 Å². The van der Waals surface area contributed by atoms with Gasteiger partial charge < -0.3 is 0 Å². The Morgan fingerprint density at radius 3 is 2.50 bits per heavy atom. The van der Waals surface area contributed by atoms with E-state index >= 15 is 0 Å². The first-order valence-electron chi connectivity index (χ1n) is 6.71. The van der Waals surface area contributed by atoms with Crippen LogP contribution in [0.4, 0.5) is 0 Å². The summed E-state index contributed by atoms with van der Waals surface area (Å²) in [6, 6.07) is 13.5. The molecule has 1 atom stereocenters. The number of halogens is 2. The van der Waals surface area contributed by atoms with Gasteiger partial charge in [0.05, 0.1) is 10.0 Å². The van der Waals surface area contributed by atoms with E-state index in [9.17, 15) is 4.79 Å². The number of carbonyl (C=O) groups excluding carboxylic acids is 1. The lowest BCUT2D eigenvalue weighted by atomic mass is 9.80. The van der Waals surface area contributed by atoms with Gasteiger partial charge in [0.2, 0.25) is 0 Å². The lowest BCUT2D eigenvalue weighted by Gasteiger charge is -2.23. The standard InChI is InChI=1S/C17H14Cl2O/c18-15-8-7-14(10-16(15)19)17(20)13-6-5-11-3-1-2-4-12(11)9-13/h1-4,7-8,10,13H,5-6,9H2. The van der Waals surface area contributed by atoms with Crippen molar-refractivity contribution in [1.29, 1.82) is 0 Å². The van der Waals surface area contributed by atoms with E-state index < -0.39 is 0 Å². The van der Waals surface area contributed by atoms with Crippen molar-refractivity contribution in [3.8, 4) is 0 Å². The maximum absolute atomic E-state index is 12.6. The Labute approximate surface area is 128 Å². The average Bonchev–Trinajstić information content (AvgIpc) is 2.49. The van der Waals surface area contributed by atoms with Gasteiger partial charge in [-0.25, -0.2) is 0 Å². The summed E-state index contributed by atoms with van der Waals surface area (Å²) in [7, 11) is 0. The van der Waals surface area contributed by atoms with Crippen LogP contribution in [0.25, 0.3) is 0 Å². The highest BCUT2D eigenvalue weighted by Crippen LogP contribution is 2.30. The number of aryl methyl sites for hydroxylation is 1. The van der Waals surface area contributed by atoms with Crippen molar-refractivity contribution in [2.24, 2.45) is 5.92 Å². The summed E-state index contributed by atoms with van der Waals surface area (Å²) in [5.41, 5.74) is 3.31. The molecule has 0 N–H and O–H groups in total. The Hall–Kier alpha value is -1.31. The van der Waals surface area contributed by atoms with Crippen LogP contribution in [0.2, 0.25) is 10.0 Å². The molecule has 0 bridgehead atoms. The van der Waals surface area contributed by atoms with E-state index in [1.165, 1.54) is 11.1 Å². The SMILES string of the molecule is O=C(c1ccc(Cl)c(Cl)c1)C1CCc2ccccc2C1. The fourth-order valence-corrected chi connectivity index (χ4v) is 3.10. The Morgan fingerprint density at radius 1 is 1.00 bits per heavy atom. The first-order valence-corrected chi connectivity index (χ1v) is 7.47. The summed E-state index contributed by atoms with van der Waals surface area (Å²) < 4.78 is 0. The lowest BCUT2D eigenvalue weighted by molar-refractivity contribution is 0.0909. The van der Waals surface area contributed by atoms with Crippen LogP contribution in [0, 0.1) is 5.92 Å². The van der Waals surface area contributed by atoms with Gasteiger partial charge >= 0.3 is 0 Å². The molecule has 3 heteroatoms. The van der Waals surface area contributed by atoms with Crippen LogP contribution in [0.3, 0.4) is 0 Å². The number of Topliss-reactive ketones (excluding diaryl/α,β-unsaturated/α-hetero) is 1. The van der Waals surface area contributed by atoms with Crippen molar-refractivity contribution in [3.63, 3.8) is 0 Å². The molecule has 0 aliphatic heterocycles. The Kier molecular flexibility index (Phi) is 3.82. The second-order valence-electron chi connectivity index (χ2n) is 5.20. The van der Waals surface area contributed by atoms with Crippen LogP contribution in [0.1, 0.15) is 27.9 Å². The lowest BCUT2D eigenvalue weighted by Crippen LogP contribution is -2.22. The van der Waals surface area contributed by atoms with Gasteiger partial charge in [0.1, 0.15) is 0 Å². The van der Waals surface area contributed by atoms with Crippen LogP contribution >= 0.6 is 23.2 Å². The zero-order valence-electron chi connectivity index (χ0n) is 10.9. The molecular formula is C17H14Cl2O. The van der Waals surface area contributed by atoms with Crippen molar-refractivity contribution >= 4 is 29.0 Å². The number of fused-ring (bicyclic) bond motifs is 1. The Balaban J connectivity index is 1.84. The van der Waals surface area contributed by atoms with E-state index in [1.807, 2.05) is 6.07 Å². The summed E-state index contributed by atoms with van der Waals surface area (Å²) in [4.78, 5) is 12.6. The molecule has 0 spiro atoms. The second kappa shape index (κ2) is 5.59. The number of hydrogen-bond donors (Lipinski definition) is 0. The minimum absolute atomic E-state index is 0.0437. The zero-order chi connectivity index (χ0) is 14.1. The molecule has 0 aromatic heterocycles. The highest BCUT2D eigenvalue weighted by atomic mass is 35.5. The Bertz CT molecular complexity index is 664. The number of benzene rings is 2. The molecule has 1 nitrogen and oxygen atoms in total.